The maximum absolute atomic E-state index is 10.3. The molecule has 0 amide bonds. The molecule has 1 atom stereocenters. The lowest BCUT2D eigenvalue weighted by Crippen LogP contribution is -2.05. The van der Waals surface area contributed by atoms with Crippen molar-refractivity contribution in [2.75, 3.05) is 0 Å². The quantitative estimate of drug-likeness (QED) is 0.736. The Morgan fingerprint density at radius 3 is 2.41 bits per heavy atom. The van der Waals surface area contributed by atoms with E-state index in [9.17, 15) is 5.11 Å². The minimum Gasteiger partial charge on any atom is -0.508 e. The Hall–Kier alpha value is -2.48. The van der Waals surface area contributed by atoms with Gasteiger partial charge in [0.15, 0.2) is 0 Å². The first-order chi connectivity index (χ1) is 10.6. The second kappa shape index (κ2) is 6.10. The molecule has 2 nitrogen and oxygen atoms in total. The standard InChI is InChI=1S/C20H20O2/c1-14-8-10-19(21)17(12-14)18(20-11-9-15(2)22-20)13-16-6-4-3-5-7-16/h3-12,18,21H,13H2,1-2H3/t18-/m0/s1. The number of furan rings is 1. The highest BCUT2D eigenvalue weighted by Gasteiger charge is 2.21. The minimum absolute atomic E-state index is 0.0102. The molecule has 0 aliphatic rings. The van der Waals surface area contributed by atoms with E-state index in [1.165, 1.54) is 5.56 Å². The molecule has 3 rings (SSSR count). The number of aryl methyl sites for hydroxylation is 2. The fraction of sp³-hybridized carbons (Fsp3) is 0.200. The molecule has 2 heteroatoms. The summed E-state index contributed by atoms with van der Waals surface area (Å²) in [6.07, 6.45) is 0.796. The van der Waals surface area contributed by atoms with Gasteiger partial charge in [0.1, 0.15) is 17.3 Å². The van der Waals surface area contributed by atoms with Crippen LogP contribution in [0.1, 0.15) is 34.1 Å². The van der Waals surface area contributed by atoms with E-state index >= 15 is 0 Å². The van der Waals surface area contributed by atoms with Gasteiger partial charge < -0.3 is 9.52 Å². The van der Waals surface area contributed by atoms with Crippen LogP contribution >= 0.6 is 0 Å². The largest absolute Gasteiger partial charge is 0.508 e. The molecule has 0 aliphatic heterocycles. The van der Waals surface area contributed by atoms with Gasteiger partial charge in [0.2, 0.25) is 0 Å². The van der Waals surface area contributed by atoms with Crippen molar-refractivity contribution in [3.63, 3.8) is 0 Å². The Morgan fingerprint density at radius 1 is 0.955 bits per heavy atom. The molecule has 1 aromatic heterocycles. The molecule has 0 radical (unpaired) electrons. The zero-order chi connectivity index (χ0) is 15.5. The molecule has 3 aromatic rings. The molecule has 1 heterocycles. The zero-order valence-corrected chi connectivity index (χ0v) is 12.9. The van der Waals surface area contributed by atoms with Gasteiger partial charge in [0, 0.05) is 11.5 Å². The first-order valence-corrected chi connectivity index (χ1v) is 7.53. The van der Waals surface area contributed by atoms with Gasteiger partial charge in [-0.2, -0.15) is 0 Å². The van der Waals surface area contributed by atoms with E-state index in [-0.39, 0.29) is 5.92 Å². The van der Waals surface area contributed by atoms with E-state index in [0.717, 1.165) is 29.1 Å². The second-order valence-corrected chi connectivity index (χ2v) is 5.75. The van der Waals surface area contributed by atoms with Gasteiger partial charge in [-0.05, 0) is 44.0 Å². The van der Waals surface area contributed by atoms with E-state index in [4.69, 9.17) is 4.42 Å². The van der Waals surface area contributed by atoms with Crippen molar-refractivity contribution in [1.29, 1.82) is 0 Å². The molecule has 0 spiro atoms. The first kappa shape index (κ1) is 14.5. The van der Waals surface area contributed by atoms with E-state index in [0.29, 0.717) is 5.75 Å². The van der Waals surface area contributed by atoms with Crippen molar-refractivity contribution in [3.05, 3.63) is 88.9 Å². The van der Waals surface area contributed by atoms with E-state index in [1.54, 1.807) is 6.07 Å². The van der Waals surface area contributed by atoms with Gasteiger partial charge in [-0.25, -0.2) is 0 Å². The number of hydrogen-bond acceptors (Lipinski definition) is 2. The number of benzene rings is 2. The van der Waals surface area contributed by atoms with Crippen molar-refractivity contribution in [2.24, 2.45) is 0 Å². The van der Waals surface area contributed by atoms with E-state index < -0.39 is 0 Å². The average Bonchev–Trinajstić information content (AvgIpc) is 2.95. The molecular formula is C20H20O2. The van der Waals surface area contributed by atoms with Crippen LogP contribution in [0.2, 0.25) is 0 Å². The molecule has 1 N–H and O–H groups in total. The fourth-order valence-corrected chi connectivity index (χ4v) is 2.81. The van der Waals surface area contributed by atoms with Crippen LogP contribution in [-0.4, -0.2) is 5.11 Å². The highest BCUT2D eigenvalue weighted by molar-refractivity contribution is 5.43. The summed E-state index contributed by atoms with van der Waals surface area (Å²) >= 11 is 0. The second-order valence-electron chi connectivity index (χ2n) is 5.75. The highest BCUT2D eigenvalue weighted by Crippen LogP contribution is 2.35. The molecule has 0 saturated heterocycles. The first-order valence-electron chi connectivity index (χ1n) is 7.53. The van der Waals surface area contributed by atoms with Gasteiger partial charge in [0.25, 0.3) is 0 Å². The lowest BCUT2D eigenvalue weighted by Gasteiger charge is -2.17. The van der Waals surface area contributed by atoms with Crippen LogP contribution in [0.3, 0.4) is 0 Å². The zero-order valence-electron chi connectivity index (χ0n) is 12.9. The maximum atomic E-state index is 10.3. The molecule has 0 fully saturated rings. The molecular weight excluding hydrogens is 272 g/mol. The number of rotatable bonds is 4. The average molecular weight is 292 g/mol. The van der Waals surface area contributed by atoms with E-state index in [2.05, 4.69) is 12.1 Å². The Morgan fingerprint density at radius 2 is 1.73 bits per heavy atom. The summed E-state index contributed by atoms with van der Waals surface area (Å²) in [4.78, 5) is 0. The van der Waals surface area contributed by atoms with Crippen LogP contribution in [0.15, 0.2) is 65.1 Å². The Bertz CT molecular complexity index is 756. The van der Waals surface area contributed by atoms with Gasteiger partial charge in [-0.1, -0.05) is 48.0 Å². The van der Waals surface area contributed by atoms with Gasteiger partial charge in [-0.15, -0.1) is 0 Å². The molecule has 0 saturated carbocycles. The minimum atomic E-state index is 0.0102. The fourth-order valence-electron chi connectivity index (χ4n) is 2.81. The van der Waals surface area contributed by atoms with Crippen LogP contribution in [0.5, 0.6) is 5.75 Å². The molecule has 2 aromatic carbocycles. The van der Waals surface area contributed by atoms with Crippen LogP contribution in [0.4, 0.5) is 0 Å². The predicted molar refractivity (Wildman–Crippen MR) is 88.3 cm³/mol. The van der Waals surface area contributed by atoms with Gasteiger partial charge in [0.05, 0.1) is 0 Å². The number of phenols is 1. The van der Waals surface area contributed by atoms with Crippen molar-refractivity contribution < 1.29 is 9.52 Å². The van der Waals surface area contributed by atoms with Crippen LogP contribution in [0.25, 0.3) is 0 Å². The third-order valence-corrected chi connectivity index (χ3v) is 3.95. The Kier molecular flexibility index (Phi) is 4.01. The van der Waals surface area contributed by atoms with Crippen LogP contribution < -0.4 is 0 Å². The summed E-state index contributed by atoms with van der Waals surface area (Å²) in [6, 6.07) is 20.0. The summed E-state index contributed by atoms with van der Waals surface area (Å²) in [5.41, 5.74) is 3.27. The Balaban J connectivity index is 2.04. The van der Waals surface area contributed by atoms with Crippen molar-refractivity contribution in [2.45, 2.75) is 26.2 Å². The van der Waals surface area contributed by atoms with Crippen molar-refractivity contribution in [1.82, 2.24) is 0 Å². The topological polar surface area (TPSA) is 33.4 Å². The summed E-state index contributed by atoms with van der Waals surface area (Å²) < 4.78 is 5.86. The van der Waals surface area contributed by atoms with Crippen molar-refractivity contribution >= 4 is 0 Å². The molecule has 0 aliphatic carbocycles. The number of aromatic hydroxyl groups is 1. The summed E-state index contributed by atoms with van der Waals surface area (Å²) in [7, 11) is 0. The van der Waals surface area contributed by atoms with E-state index in [1.807, 2.05) is 56.3 Å². The molecule has 112 valence electrons. The van der Waals surface area contributed by atoms with Gasteiger partial charge in [-0.3, -0.25) is 0 Å². The number of hydrogen-bond donors (Lipinski definition) is 1. The number of phenolic OH excluding ortho intramolecular Hbond substituents is 1. The third-order valence-electron chi connectivity index (χ3n) is 3.95. The predicted octanol–water partition coefficient (Wildman–Crippen LogP) is 4.98. The van der Waals surface area contributed by atoms with Crippen LogP contribution in [-0.2, 0) is 6.42 Å². The molecule has 0 bridgehead atoms. The highest BCUT2D eigenvalue weighted by atomic mass is 16.3. The lowest BCUT2D eigenvalue weighted by atomic mass is 9.88. The van der Waals surface area contributed by atoms with Crippen LogP contribution in [0, 0.1) is 13.8 Å². The SMILES string of the molecule is Cc1ccc(O)c([C@H](Cc2ccccc2)c2ccc(C)o2)c1. The van der Waals surface area contributed by atoms with Gasteiger partial charge >= 0.3 is 0 Å². The summed E-state index contributed by atoms with van der Waals surface area (Å²) in [6.45, 7) is 3.98. The normalized spacial score (nSPS) is 12.3. The smallest absolute Gasteiger partial charge is 0.119 e. The van der Waals surface area contributed by atoms with Crippen molar-refractivity contribution in [3.8, 4) is 5.75 Å². The summed E-state index contributed by atoms with van der Waals surface area (Å²) in [5, 5.41) is 10.3. The molecule has 22 heavy (non-hydrogen) atoms. The lowest BCUT2D eigenvalue weighted by molar-refractivity contribution is 0.437. The third kappa shape index (κ3) is 3.06. The maximum Gasteiger partial charge on any atom is 0.119 e. The Labute approximate surface area is 131 Å². The summed E-state index contributed by atoms with van der Waals surface area (Å²) in [5.74, 6) is 2.11. The molecule has 0 unspecified atom stereocenters. The monoisotopic (exact) mass is 292 g/mol.